The Morgan fingerprint density at radius 1 is 1.00 bits per heavy atom. The summed E-state index contributed by atoms with van der Waals surface area (Å²) in [6.07, 6.45) is 0. The Labute approximate surface area is 90.9 Å². The quantitative estimate of drug-likeness (QED) is 0.671. The summed E-state index contributed by atoms with van der Waals surface area (Å²) in [6.45, 7) is 10.0. The molecule has 0 aromatic heterocycles. The van der Waals surface area contributed by atoms with Gasteiger partial charge in [-0.25, -0.2) is 0 Å². The second kappa shape index (κ2) is 2.91. The van der Waals surface area contributed by atoms with Gasteiger partial charge < -0.3 is 5.11 Å². The van der Waals surface area contributed by atoms with Gasteiger partial charge in [0.1, 0.15) is 5.60 Å². The fourth-order valence-electron chi connectivity index (χ4n) is 2.80. The molecule has 0 heterocycles. The van der Waals surface area contributed by atoms with Crippen LogP contribution in [0.25, 0.3) is 0 Å². The second-order valence-electron chi connectivity index (χ2n) is 5.83. The maximum absolute atomic E-state index is 12.1. The van der Waals surface area contributed by atoms with Crippen LogP contribution in [0.4, 0.5) is 0 Å². The molecule has 0 saturated heterocycles. The molecule has 1 aliphatic rings. The summed E-state index contributed by atoms with van der Waals surface area (Å²) in [5.41, 5.74) is -3.60. The van der Waals surface area contributed by atoms with Crippen molar-refractivity contribution < 1.29 is 14.7 Å². The highest BCUT2D eigenvalue weighted by atomic mass is 16.3. The van der Waals surface area contributed by atoms with E-state index in [2.05, 4.69) is 0 Å². The highest BCUT2D eigenvalue weighted by Crippen LogP contribution is 2.52. The Kier molecular flexibility index (Phi) is 2.40. The lowest BCUT2D eigenvalue weighted by molar-refractivity contribution is -0.154. The molecule has 1 fully saturated rings. The Morgan fingerprint density at radius 3 is 1.53 bits per heavy atom. The zero-order valence-electron chi connectivity index (χ0n) is 10.3. The topological polar surface area (TPSA) is 54.4 Å². The molecule has 1 aliphatic carbocycles. The van der Waals surface area contributed by atoms with E-state index in [1.54, 1.807) is 41.5 Å². The van der Waals surface area contributed by atoms with Gasteiger partial charge in [0.05, 0.1) is 10.8 Å². The Bertz CT molecular complexity index is 326. The summed E-state index contributed by atoms with van der Waals surface area (Å²) in [5.74, 6) is -0.776. The van der Waals surface area contributed by atoms with Crippen molar-refractivity contribution in [3.05, 3.63) is 0 Å². The van der Waals surface area contributed by atoms with Gasteiger partial charge in [-0.1, -0.05) is 13.8 Å². The van der Waals surface area contributed by atoms with Crippen molar-refractivity contribution >= 4 is 11.6 Å². The first-order valence-electron chi connectivity index (χ1n) is 5.33. The first-order valence-corrected chi connectivity index (χ1v) is 5.33. The van der Waals surface area contributed by atoms with Gasteiger partial charge in [0.25, 0.3) is 0 Å². The number of ketones is 2. The van der Waals surface area contributed by atoms with Crippen LogP contribution in [0.1, 0.15) is 41.5 Å². The van der Waals surface area contributed by atoms with Crippen LogP contribution in [0.5, 0.6) is 0 Å². The standard InChI is InChI=1S/C12H20O3/c1-7(2)12(15)9(14)10(3,4)8(13)11(12,5)6/h7,15H,1-6H3. The fourth-order valence-corrected chi connectivity index (χ4v) is 2.80. The van der Waals surface area contributed by atoms with Crippen molar-refractivity contribution in [3.8, 4) is 0 Å². The van der Waals surface area contributed by atoms with E-state index in [0.717, 1.165) is 0 Å². The van der Waals surface area contributed by atoms with Gasteiger partial charge in [0, 0.05) is 0 Å². The predicted molar refractivity (Wildman–Crippen MR) is 57.4 cm³/mol. The SMILES string of the molecule is CC(C)C1(O)C(=O)C(C)(C)C(=O)C1(C)C. The predicted octanol–water partition coefficient (Wildman–Crippen LogP) is 1.58. The molecule has 0 amide bonds. The van der Waals surface area contributed by atoms with Gasteiger partial charge in [0.15, 0.2) is 11.6 Å². The summed E-state index contributed by atoms with van der Waals surface area (Å²) < 4.78 is 0. The van der Waals surface area contributed by atoms with Crippen LogP contribution in [-0.2, 0) is 9.59 Å². The average Bonchev–Trinajstić information content (AvgIpc) is 2.19. The average molecular weight is 212 g/mol. The van der Waals surface area contributed by atoms with Crippen molar-refractivity contribution in [2.45, 2.75) is 47.1 Å². The maximum atomic E-state index is 12.1. The molecule has 0 radical (unpaired) electrons. The van der Waals surface area contributed by atoms with E-state index in [0.29, 0.717) is 0 Å². The van der Waals surface area contributed by atoms with E-state index >= 15 is 0 Å². The molecule has 3 heteroatoms. The molecule has 3 nitrogen and oxygen atoms in total. The van der Waals surface area contributed by atoms with E-state index in [4.69, 9.17) is 0 Å². The lowest BCUT2D eigenvalue weighted by Crippen LogP contribution is -2.52. The second-order valence-corrected chi connectivity index (χ2v) is 5.83. The van der Waals surface area contributed by atoms with Gasteiger partial charge >= 0.3 is 0 Å². The van der Waals surface area contributed by atoms with E-state index in [9.17, 15) is 14.7 Å². The van der Waals surface area contributed by atoms with Crippen LogP contribution in [-0.4, -0.2) is 22.3 Å². The van der Waals surface area contributed by atoms with Crippen LogP contribution >= 0.6 is 0 Å². The normalized spacial score (nSPS) is 33.9. The lowest BCUT2D eigenvalue weighted by Gasteiger charge is -2.36. The lowest BCUT2D eigenvalue weighted by atomic mass is 9.70. The van der Waals surface area contributed by atoms with Crippen LogP contribution in [0, 0.1) is 16.7 Å². The smallest absolute Gasteiger partial charge is 0.178 e. The third-order valence-electron chi connectivity index (χ3n) is 3.84. The maximum Gasteiger partial charge on any atom is 0.178 e. The molecule has 0 aliphatic heterocycles. The highest BCUT2D eigenvalue weighted by molar-refractivity contribution is 6.19. The van der Waals surface area contributed by atoms with Crippen molar-refractivity contribution in [2.75, 3.05) is 0 Å². The largest absolute Gasteiger partial charge is 0.381 e. The minimum absolute atomic E-state index is 0.170. The minimum atomic E-state index is -1.53. The van der Waals surface area contributed by atoms with E-state index in [1.807, 2.05) is 0 Å². The van der Waals surface area contributed by atoms with Crippen molar-refractivity contribution in [2.24, 2.45) is 16.7 Å². The van der Waals surface area contributed by atoms with Gasteiger partial charge in [0.2, 0.25) is 0 Å². The Balaban J connectivity index is 3.45. The van der Waals surface area contributed by atoms with Crippen molar-refractivity contribution in [1.82, 2.24) is 0 Å². The zero-order valence-corrected chi connectivity index (χ0v) is 10.3. The van der Waals surface area contributed by atoms with Gasteiger partial charge in [-0.15, -0.1) is 0 Å². The van der Waals surface area contributed by atoms with E-state index < -0.39 is 16.4 Å². The van der Waals surface area contributed by atoms with Crippen molar-refractivity contribution in [3.63, 3.8) is 0 Å². The molecule has 1 N–H and O–H groups in total. The molecular weight excluding hydrogens is 192 g/mol. The van der Waals surface area contributed by atoms with Gasteiger partial charge in [-0.2, -0.15) is 0 Å². The van der Waals surface area contributed by atoms with Crippen LogP contribution < -0.4 is 0 Å². The molecular formula is C12H20O3. The molecule has 0 spiro atoms. The van der Waals surface area contributed by atoms with Crippen molar-refractivity contribution in [1.29, 1.82) is 0 Å². The number of rotatable bonds is 1. The Morgan fingerprint density at radius 2 is 1.40 bits per heavy atom. The first kappa shape index (κ1) is 12.4. The number of Topliss-reactive ketones (excluding diaryl/α,β-unsaturated/α-hetero) is 2. The minimum Gasteiger partial charge on any atom is -0.381 e. The molecule has 0 aromatic carbocycles. The summed E-state index contributed by atoms with van der Waals surface area (Å²) >= 11 is 0. The summed E-state index contributed by atoms with van der Waals surface area (Å²) in [6, 6.07) is 0. The molecule has 1 unspecified atom stereocenters. The molecule has 1 atom stereocenters. The molecule has 0 bridgehead atoms. The third kappa shape index (κ3) is 1.16. The number of carbonyl (C=O) groups excluding carboxylic acids is 2. The first-order chi connectivity index (χ1) is 6.50. The zero-order chi connectivity index (χ0) is 12.2. The summed E-state index contributed by atoms with van der Waals surface area (Å²) in [4.78, 5) is 24.2. The molecule has 0 aromatic rings. The number of hydrogen-bond acceptors (Lipinski definition) is 3. The van der Waals surface area contributed by atoms with E-state index in [-0.39, 0.29) is 17.5 Å². The molecule has 86 valence electrons. The summed E-state index contributed by atoms with van der Waals surface area (Å²) in [5, 5.41) is 10.5. The molecule has 15 heavy (non-hydrogen) atoms. The monoisotopic (exact) mass is 212 g/mol. The van der Waals surface area contributed by atoms with Gasteiger partial charge in [-0.3, -0.25) is 9.59 Å². The van der Waals surface area contributed by atoms with Gasteiger partial charge in [-0.05, 0) is 33.6 Å². The number of hydrogen-bond donors (Lipinski definition) is 1. The highest BCUT2D eigenvalue weighted by Gasteiger charge is 2.69. The summed E-state index contributed by atoms with van der Waals surface area (Å²) in [7, 11) is 0. The fraction of sp³-hybridized carbons (Fsp3) is 0.833. The van der Waals surface area contributed by atoms with Crippen LogP contribution in [0.15, 0.2) is 0 Å². The number of aliphatic hydroxyl groups is 1. The molecule has 1 rings (SSSR count). The number of carbonyl (C=O) groups is 2. The van der Waals surface area contributed by atoms with Crippen LogP contribution in [0.2, 0.25) is 0 Å². The van der Waals surface area contributed by atoms with E-state index in [1.165, 1.54) is 0 Å². The third-order valence-corrected chi connectivity index (χ3v) is 3.84. The van der Waals surface area contributed by atoms with Crippen LogP contribution in [0.3, 0.4) is 0 Å². The Hall–Kier alpha value is -0.700. The molecule has 1 saturated carbocycles.